The normalized spacial score (nSPS) is 21.8. The van der Waals surface area contributed by atoms with Crippen molar-refractivity contribution in [3.05, 3.63) is 41.9 Å². The van der Waals surface area contributed by atoms with Crippen LogP contribution in [0.3, 0.4) is 0 Å². The number of esters is 2. The summed E-state index contributed by atoms with van der Waals surface area (Å²) in [6, 6.07) is 6.71. The Bertz CT molecular complexity index is 1550. The number of ether oxygens (including phenoxy) is 3. The number of rotatable bonds is 15. The van der Waals surface area contributed by atoms with Gasteiger partial charge in [-0.1, -0.05) is 58.7 Å². The fourth-order valence-corrected chi connectivity index (χ4v) is 6.64. The van der Waals surface area contributed by atoms with Crippen LogP contribution < -0.4 is 15.3 Å². The van der Waals surface area contributed by atoms with Gasteiger partial charge in [0, 0.05) is 0 Å². The Morgan fingerprint density at radius 1 is 1.17 bits per heavy atom. The Hall–Kier alpha value is -3.29. The predicted molar refractivity (Wildman–Crippen MR) is 171 cm³/mol. The molecule has 0 saturated carbocycles. The molecule has 5 atom stereocenters. The highest BCUT2D eigenvalue weighted by Crippen LogP contribution is 2.48. The lowest BCUT2D eigenvalue weighted by atomic mass is 9.96. The average Bonchev–Trinajstić information content (AvgIpc) is 3.58. The number of nitrogens with two attached hydrogens (primary N) is 1. The average molecular weight is 681 g/mol. The number of nitrogens with one attached hydrogen (secondary N) is 1. The maximum atomic E-state index is 14.3. The zero-order chi connectivity index (χ0) is 33.6. The molecule has 2 aromatic heterocycles. The van der Waals surface area contributed by atoms with Crippen molar-refractivity contribution in [2.24, 2.45) is 11.8 Å². The van der Waals surface area contributed by atoms with Gasteiger partial charge in [-0.15, -0.1) is 0 Å². The molecule has 0 bridgehead atoms. The minimum absolute atomic E-state index is 0.0406. The first-order valence-corrected chi connectivity index (χ1v) is 17.1. The number of benzene rings is 1. The number of carbonyl (C=O) groups is 2. The first kappa shape index (κ1) is 35.6. The molecule has 14 nitrogen and oxygen atoms in total. The highest BCUT2D eigenvalue weighted by atomic mass is 35.5. The summed E-state index contributed by atoms with van der Waals surface area (Å²) >= 11 is 6.09. The maximum Gasteiger partial charge on any atom is 0.459 e. The maximum absolute atomic E-state index is 14.3. The van der Waals surface area contributed by atoms with E-state index in [0.29, 0.717) is 11.2 Å². The highest BCUT2D eigenvalue weighted by Gasteiger charge is 2.52. The van der Waals surface area contributed by atoms with Crippen LogP contribution in [0.15, 0.2) is 36.7 Å². The molecular weight excluding hydrogens is 639 g/mol. The van der Waals surface area contributed by atoms with E-state index in [1.807, 2.05) is 13.8 Å². The van der Waals surface area contributed by atoms with Gasteiger partial charge in [-0.25, -0.2) is 9.55 Å². The van der Waals surface area contributed by atoms with Crippen LogP contribution >= 0.6 is 19.3 Å². The monoisotopic (exact) mass is 680 g/mol. The zero-order valence-electron chi connectivity index (χ0n) is 26.8. The van der Waals surface area contributed by atoms with Gasteiger partial charge in [0.25, 0.3) is 0 Å². The van der Waals surface area contributed by atoms with Crippen molar-refractivity contribution in [2.75, 3.05) is 25.6 Å². The van der Waals surface area contributed by atoms with Crippen LogP contribution in [0, 0.1) is 11.8 Å². The number of aromatic nitrogens is 4. The van der Waals surface area contributed by atoms with Crippen LogP contribution in [0.5, 0.6) is 5.75 Å². The third-order valence-corrected chi connectivity index (χ3v) is 9.63. The van der Waals surface area contributed by atoms with Gasteiger partial charge in [-0.2, -0.15) is 15.1 Å². The van der Waals surface area contributed by atoms with Crippen LogP contribution in [-0.4, -0.2) is 69.0 Å². The Balaban J connectivity index is 1.60. The number of fused-ring (bicyclic) bond motifs is 1. The van der Waals surface area contributed by atoms with Crippen molar-refractivity contribution >= 4 is 48.3 Å². The van der Waals surface area contributed by atoms with Crippen molar-refractivity contribution in [3.8, 4) is 5.75 Å². The topological polar surface area (TPSA) is 179 Å². The van der Waals surface area contributed by atoms with Crippen molar-refractivity contribution in [1.29, 1.82) is 0 Å². The van der Waals surface area contributed by atoms with E-state index in [9.17, 15) is 14.2 Å². The number of carbonyl (C=O) groups excluding carboxylic acids is 2. The van der Waals surface area contributed by atoms with Crippen LogP contribution in [0.4, 0.5) is 5.82 Å². The molecule has 3 aromatic rings. The second-order valence-corrected chi connectivity index (χ2v) is 13.8. The molecule has 1 unspecified atom stereocenters. The Morgan fingerprint density at radius 3 is 2.52 bits per heavy atom. The molecule has 46 heavy (non-hydrogen) atoms. The summed E-state index contributed by atoms with van der Waals surface area (Å²) in [5.41, 5.74) is 5.31. The van der Waals surface area contributed by atoms with Gasteiger partial charge in [-0.05, 0) is 43.5 Å². The van der Waals surface area contributed by atoms with Crippen LogP contribution in [0.25, 0.3) is 11.2 Å². The fourth-order valence-electron chi connectivity index (χ4n) is 4.88. The first-order chi connectivity index (χ1) is 21.8. The molecule has 1 fully saturated rings. The second kappa shape index (κ2) is 15.1. The summed E-state index contributed by atoms with van der Waals surface area (Å²) in [4.78, 5) is 38.4. The van der Waals surface area contributed by atoms with Crippen LogP contribution in [0.1, 0.15) is 60.4 Å². The Kier molecular flexibility index (Phi) is 11.7. The van der Waals surface area contributed by atoms with E-state index in [-0.39, 0.29) is 42.6 Å². The number of hydrogen-bond acceptors (Lipinski definition) is 12. The molecule has 1 saturated heterocycles. The smallest absolute Gasteiger partial charge is 0.459 e. The first-order valence-electron chi connectivity index (χ1n) is 15.2. The fraction of sp³-hybridized carbons (Fsp3) is 0.567. The van der Waals surface area contributed by atoms with E-state index in [1.165, 1.54) is 13.3 Å². The van der Waals surface area contributed by atoms with E-state index < -0.39 is 49.4 Å². The van der Waals surface area contributed by atoms with Gasteiger partial charge in [0.05, 0.1) is 38.1 Å². The molecule has 0 amide bonds. The lowest BCUT2D eigenvalue weighted by molar-refractivity contribution is -0.165. The highest BCUT2D eigenvalue weighted by molar-refractivity contribution is 7.52. The largest absolute Gasteiger partial charge is 0.464 e. The molecule has 3 heterocycles. The van der Waals surface area contributed by atoms with Gasteiger partial charge < -0.3 is 29.0 Å². The third-order valence-electron chi connectivity index (χ3n) is 7.84. The lowest BCUT2D eigenvalue weighted by Gasteiger charge is -2.33. The Labute approximate surface area is 273 Å². The molecule has 0 radical (unpaired) electrons. The van der Waals surface area contributed by atoms with E-state index in [2.05, 4.69) is 20.0 Å². The van der Waals surface area contributed by atoms with Crippen molar-refractivity contribution in [1.82, 2.24) is 24.6 Å². The number of anilines is 1. The zero-order valence-corrected chi connectivity index (χ0v) is 28.5. The van der Waals surface area contributed by atoms with Gasteiger partial charge in [0.15, 0.2) is 17.6 Å². The number of imidazole rings is 1. The summed E-state index contributed by atoms with van der Waals surface area (Å²) in [7, 11) is -4.26. The van der Waals surface area contributed by atoms with E-state index in [4.69, 9.17) is 40.6 Å². The van der Waals surface area contributed by atoms with Gasteiger partial charge in [-0.3, -0.25) is 14.1 Å². The number of nitrogens with zero attached hydrogens (tertiary/aromatic N) is 4. The SMILES string of the molecule is CCC(CC)COC(=O)[C@H](C)N[P@](=O)(OC[C@@]1(C)OCC(n2cnc3c(N)nc(Cl)nc32)[C@@H]1OC(=O)C(C)C)Oc1ccccc1. The number of para-hydroxylation sites is 1. The third kappa shape index (κ3) is 8.34. The minimum atomic E-state index is -4.26. The molecule has 252 valence electrons. The van der Waals surface area contributed by atoms with Gasteiger partial charge >= 0.3 is 19.7 Å². The van der Waals surface area contributed by atoms with E-state index in [1.54, 1.807) is 55.7 Å². The number of hydrogen-bond donors (Lipinski definition) is 2. The molecule has 1 aromatic carbocycles. The quantitative estimate of drug-likeness (QED) is 0.123. The van der Waals surface area contributed by atoms with Crippen molar-refractivity contribution < 1.29 is 37.4 Å². The molecular formula is C30H42ClN6O8P. The van der Waals surface area contributed by atoms with Crippen molar-refractivity contribution in [3.63, 3.8) is 0 Å². The molecule has 0 aliphatic carbocycles. The standard InChI is InChI=1S/C30H42ClN6O8P/c1-7-20(8-2)14-41-28(39)19(5)36-46(40,45-21-12-10-9-11-13-21)43-16-30(6)24(44-27(38)18(3)4)22(15-42-30)37-17-33-23-25(32)34-29(31)35-26(23)37/h9-13,17-20,22,24H,7-8,14-16H2,1-6H3,(H,36,40)(H2,32,34,35)/t19-,22?,24-,30+,46-/m0/s1. The molecule has 16 heteroatoms. The summed E-state index contributed by atoms with van der Waals surface area (Å²) < 4.78 is 45.4. The van der Waals surface area contributed by atoms with E-state index >= 15 is 0 Å². The van der Waals surface area contributed by atoms with Crippen molar-refractivity contribution in [2.45, 2.75) is 78.2 Å². The number of halogens is 1. The van der Waals surface area contributed by atoms with Crippen LogP contribution in [-0.2, 0) is 32.9 Å². The summed E-state index contributed by atoms with van der Waals surface area (Å²) in [5, 5.41) is 2.63. The van der Waals surface area contributed by atoms with Crippen LogP contribution in [0.2, 0.25) is 5.28 Å². The predicted octanol–water partition coefficient (Wildman–Crippen LogP) is 5.12. The van der Waals surface area contributed by atoms with Gasteiger partial charge in [0.1, 0.15) is 22.9 Å². The summed E-state index contributed by atoms with van der Waals surface area (Å²) in [6.45, 7) is 10.6. The summed E-state index contributed by atoms with van der Waals surface area (Å²) in [6.07, 6.45) is 2.23. The molecule has 0 spiro atoms. The molecule has 4 rings (SSSR count). The lowest BCUT2D eigenvalue weighted by Crippen LogP contribution is -2.47. The minimum Gasteiger partial charge on any atom is -0.464 e. The molecule has 1 aliphatic heterocycles. The van der Waals surface area contributed by atoms with E-state index in [0.717, 1.165) is 12.8 Å². The number of nitrogen functional groups attached to an aromatic ring is 1. The Morgan fingerprint density at radius 2 is 1.87 bits per heavy atom. The summed E-state index contributed by atoms with van der Waals surface area (Å²) in [5.74, 6) is -1.01. The van der Waals surface area contributed by atoms with Gasteiger partial charge in [0.2, 0.25) is 5.28 Å². The molecule has 3 N–H and O–H groups in total. The molecule has 1 aliphatic rings. The second-order valence-electron chi connectivity index (χ2n) is 11.7.